The van der Waals surface area contributed by atoms with E-state index in [1.165, 1.54) is 36.9 Å². The zero-order chi connectivity index (χ0) is 21.4. The predicted molar refractivity (Wildman–Crippen MR) is 110 cm³/mol. The van der Waals surface area contributed by atoms with Crippen LogP contribution >= 0.6 is 0 Å². The topological polar surface area (TPSA) is 136 Å². The van der Waals surface area contributed by atoms with Crippen LogP contribution in [-0.4, -0.2) is 45.4 Å². The van der Waals surface area contributed by atoms with Crippen molar-refractivity contribution >= 4 is 15.8 Å². The maximum absolute atomic E-state index is 12.6. The molecule has 10 heteroatoms. The highest BCUT2D eigenvalue weighted by Gasteiger charge is 2.21. The molecule has 2 aromatic heterocycles. The smallest absolute Gasteiger partial charge is 0.240 e. The van der Waals surface area contributed by atoms with E-state index in [1.54, 1.807) is 12.3 Å². The van der Waals surface area contributed by atoms with Gasteiger partial charge in [0.1, 0.15) is 0 Å². The lowest BCUT2D eigenvalue weighted by Crippen LogP contribution is -2.38. The fourth-order valence-corrected chi connectivity index (χ4v) is 3.85. The first-order valence-corrected chi connectivity index (χ1v) is 10.4. The fraction of sp³-hybridized carbons (Fsp3) is 0.316. The molecule has 154 valence electrons. The van der Waals surface area contributed by atoms with Crippen LogP contribution in [0.15, 0.2) is 41.6 Å². The predicted octanol–water partition coefficient (Wildman–Crippen LogP) is 1.58. The lowest BCUT2D eigenvalue weighted by molar-refractivity contribution is 0.0857. The molecule has 0 unspecified atom stereocenters. The van der Waals surface area contributed by atoms with E-state index in [0.29, 0.717) is 17.1 Å². The highest BCUT2D eigenvalue weighted by molar-refractivity contribution is 7.89. The lowest BCUT2D eigenvalue weighted by atomic mass is 10.1. The summed E-state index contributed by atoms with van der Waals surface area (Å²) in [6.45, 7) is 6.65. The summed E-state index contributed by atoms with van der Waals surface area (Å²) >= 11 is 0. The molecule has 4 N–H and O–H groups in total. The molecule has 0 saturated carbocycles. The number of nitrogen functional groups attached to an aromatic ring is 1. The van der Waals surface area contributed by atoms with Gasteiger partial charge in [-0.15, -0.1) is 0 Å². The molecule has 0 spiro atoms. The summed E-state index contributed by atoms with van der Waals surface area (Å²) < 4.78 is 29.2. The maximum Gasteiger partial charge on any atom is 0.240 e. The van der Waals surface area contributed by atoms with Gasteiger partial charge in [0.2, 0.25) is 10.0 Å². The Balaban J connectivity index is 2.03. The second kappa shape index (κ2) is 7.54. The van der Waals surface area contributed by atoms with Crippen LogP contribution in [0.4, 0.5) is 5.82 Å². The zero-order valence-corrected chi connectivity index (χ0v) is 17.5. The molecule has 3 rings (SSSR count). The lowest BCUT2D eigenvalue weighted by Gasteiger charge is -2.18. The third kappa shape index (κ3) is 4.78. The molecule has 0 aliphatic carbocycles. The molecule has 9 nitrogen and oxygen atoms in total. The van der Waals surface area contributed by atoms with Crippen LogP contribution in [0.25, 0.3) is 17.1 Å². The third-order valence-electron chi connectivity index (χ3n) is 4.21. The summed E-state index contributed by atoms with van der Waals surface area (Å²) in [7, 11) is -3.81. The van der Waals surface area contributed by atoms with Crippen molar-refractivity contribution in [2.75, 3.05) is 12.3 Å². The van der Waals surface area contributed by atoms with Gasteiger partial charge in [-0.25, -0.2) is 27.8 Å². The number of aryl methyl sites for hydroxylation is 2. The first-order chi connectivity index (χ1) is 13.5. The Kier molecular flexibility index (Phi) is 5.44. The van der Waals surface area contributed by atoms with Crippen LogP contribution < -0.4 is 10.5 Å². The first kappa shape index (κ1) is 20.9. The van der Waals surface area contributed by atoms with Crippen molar-refractivity contribution in [2.24, 2.45) is 0 Å². The summed E-state index contributed by atoms with van der Waals surface area (Å²) in [6.07, 6.45) is 3.23. The Bertz CT molecular complexity index is 1150. The molecule has 0 fully saturated rings. The highest BCUT2D eigenvalue weighted by atomic mass is 32.2. The first-order valence-electron chi connectivity index (χ1n) is 8.94. The summed E-state index contributed by atoms with van der Waals surface area (Å²) in [5, 5.41) is 14.1. The van der Waals surface area contributed by atoms with Crippen LogP contribution in [0.1, 0.15) is 25.1 Å². The van der Waals surface area contributed by atoms with Gasteiger partial charge in [-0.3, -0.25) is 0 Å². The molecular weight excluding hydrogens is 392 g/mol. The second-order valence-electron chi connectivity index (χ2n) is 7.48. The summed E-state index contributed by atoms with van der Waals surface area (Å²) in [5.41, 5.74) is 7.50. The Hall–Kier alpha value is -2.82. The van der Waals surface area contributed by atoms with E-state index in [4.69, 9.17) is 5.73 Å². The molecule has 3 aromatic rings. The number of rotatable bonds is 6. The number of aromatic nitrogens is 4. The van der Waals surface area contributed by atoms with Crippen molar-refractivity contribution < 1.29 is 13.5 Å². The quantitative estimate of drug-likeness (QED) is 0.555. The third-order valence-corrected chi connectivity index (χ3v) is 5.61. The Morgan fingerprint density at radius 3 is 2.59 bits per heavy atom. The summed E-state index contributed by atoms with van der Waals surface area (Å²) in [4.78, 5) is 8.82. The van der Waals surface area contributed by atoms with Gasteiger partial charge in [0.05, 0.1) is 28.1 Å². The van der Waals surface area contributed by atoms with Crippen molar-refractivity contribution in [1.29, 1.82) is 0 Å². The van der Waals surface area contributed by atoms with E-state index < -0.39 is 15.6 Å². The Morgan fingerprint density at radius 1 is 1.24 bits per heavy atom. The molecule has 0 aliphatic heterocycles. The van der Waals surface area contributed by atoms with E-state index in [9.17, 15) is 13.5 Å². The number of nitrogens with zero attached hydrogens (tertiary/aromatic N) is 4. The van der Waals surface area contributed by atoms with Crippen molar-refractivity contribution in [3.8, 4) is 17.1 Å². The van der Waals surface area contributed by atoms with Crippen LogP contribution in [0, 0.1) is 13.8 Å². The van der Waals surface area contributed by atoms with E-state index in [-0.39, 0.29) is 17.3 Å². The van der Waals surface area contributed by atoms with E-state index >= 15 is 0 Å². The summed E-state index contributed by atoms with van der Waals surface area (Å²) in [6, 6.07) is 6.55. The van der Waals surface area contributed by atoms with Gasteiger partial charge >= 0.3 is 0 Å². The average molecular weight is 417 g/mol. The van der Waals surface area contributed by atoms with Gasteiger partial charge in [-0.2, -0.15) is 5.10 Å². The second-order valence-corrected chi connectivity index (χ2v) is 9.25. The minimum absolute atomic E-state index is 0.0671. The van der Waals surface area contributed by atoms with Crippen LogP contribution in [0.2, 0.25) is 0 Å². The van der Waals surface area contributed by atoms with E-state index in [1.807, 2.05) is 19.9 Å². The van der Waals surface area contributed by atoms with Gasteiger partial charge in [0.25, 0.3) is 0 Å². The molecule has 0 radical (unpaired) electrons. The normalized spacial score (nSPS) is 12.3. The van der Waals surface area contributed by atoms with E-state index in [0.717, 1.165) is 11.3 Å². The SMILES string of the molecule is Cc1ccn(-c2nc(-c3cc(S(=O)(=O)NCC(C)(C)O)ccc3C)cnc2N)n1. The van der Waals surface area contributed by atoms with Gasteiger partial charge < -0.3 is 10.8 Å². The molecule has 2 heterocycles. The van der Waals surface area contributed by atoms with Gasteiger partial charge in [0, 0.05) is 18.3 Å². The average Bonchev–Trinajstić information content (AvgIpc) is 3.06. The van der Waals surface area contributed by atoms with Crippen LogP contribution in [0.3, 0.4) is 0 Å². The van der Waals surface area contributed by atoms with Gasteiger partial charge in [0.15, 0.2) is 11.6 Å². The zero-order valence-electron chi connectivity index (χ0n) is 16.7. The largest absolute Gasteiger partial charge is 0.389 e. The highest BCUT2D eigenvalue weighted by Crippen LogP contribution is 2.26. The molecular formula is C19H24N6O3S. The molecule has 29 heavy (non-hydrogen) atoms. The van der Waals surface area contributed by atoms with Crippen LogP contribution in [0.5, 0.6) is 0 Å². The number of aliphatic hydroxyl groups is 1. The standard InChI is InChI=1S/C19H24N6O3S/c1-12-5-6-14(29(27,28)22-11-19(3,4)26)9-15(12)16-10-21-17(20)18(23-16)25-8-7-13(2)24-25/h5-10,22,26H,11H2,1-4H3,(H2,20,21). The molecule has 0 saturated heterocycles. The number of sulfonamides is 1. The van der Waals surface area contributed by atoms with Crippen molar-refractivity contribution in [1.82, 2.24) is 24.5 Å². The number of nitrogens with one attached hydrogen (secondary N) is 1. The molecule has 0 atom stereocenters. The number of benzene rings is 1. The number of nitrogens with two attached hydrogens (primary N) is 1. The number of hydrogen-bond donors (Lipinski definition) is 3. The van der Waals surface area contributed by atoms with Gasteiger partial charge in [-0.1, -0.05) is 6.07 Å². The Morgan fingerprint density at radius 2 is 1.97 bits per heavy atom. The maximum atomic E-state index is 12.6. The Labute approximate surface area is 169 Å². The number of anilines is 1. The van der Waals surface area contributed by atoms with Crippen molar-refractivity contribution in [2.45, 2.75) is 38.2 Å². The van der Waals surface area contributed by atoms with Crippen LogP contribution in [-0.2, 0) is 10.0 Å². The fourth-order valence-electron chi connectivity index (χ4n) is 2.62. The van der Waals surface area contributed by atoms with Gasteiger partial charge in [-0.05, 0) is 51.5 Å². The molecule has 0 bridgehead atoms. The number of hydrogen-bond acceptors (Lipinski definition) is 7. The van der Waals surface area contributed by atoms with E-state index in [2.05, 4.69) is 19.8 Å². The summed E-state index contributed by atoms with van der Waals surface area (Å²) in [5.74, 6) is 0.577. The minimum Gasteiger partial charge on any atom is -0.389 e. The molecule has 1 aromatic carbocycles. The molecule has 0 aliphatic rings. The van der Waals surface area contributed by atoms with Crippen molar-refractivity contribution in [3.63, 3.8) is 0 Å². The molecule has 0 amide bonds. The monoisotopic (exact) mass is 416 g/mol. The van der Waals surface area contributed by atoms with Crippen molar-refractivity contribution in [3.05, 3.63) is 47.9 Å². The minimum atomic E-state index is -3.81.